The molecule has 0 aliphatic carbocycles. The standard InChI is InChI=1S/C14H12F3N/c1-18-14(9-4-2-5-10(15)8-9)13-11(16)6-3-7-12(13)17/h2-8,14,18H,1H3. The maximum absolute atomic E-state index is 13.7. The molecule has 2 rings (SSSR count). The molecule has 0 aromatic heterocycles. The van der Waals surface area contributed by atoms with Crippen LogP contribution in [0.2, 0.25) is 0 Å². The number of halogens is 3. The Morgan fingerprint density at radius 1 is 0.944 bits per heavy atom. The molecule has 0 saturated carbocycles. The van der Waals surface area contributed by atoms with Crippen molar-refractivity contribution < 1.29 is 13.2 Å². The van der Waals surface area contributed by atoms with Crippen molar-refractivity contribution in [3.05, 3.63) is 71.0 Å². The Morgan fingerprint density at radius 3 is 2.11 bits per heavy atom. The maximum Gasteiger partial charge on any atom is 0.131 e. The Labute approximate surface area is 103 Å². The quantitative estimate of drug-likeness (QED) is 0.881. The van der Waals surface area contributed by atoms with Gasteiger partial charge >= 0.3 is 0 Å². The van der Waals surface area contributed by atoms with E-state index in [1.54, 1.807) is 13.1 Å². The van der Waals surface area contributed by atoms with Gasteiger partial charge in [-0.15, -0.1) is 0 Å². The highest BCUT2D eigenvalue weighted by atomic mass is 19.1. The molecule has 2 aromatic rings. The van der Waals surface area contributed by atoms with Gasteiger partial charge < -0.3 is 5.32 Å². The van der Waals surface area contributed by atoms with Gasteiger partial charge in [0.05, 0.1) is 6.04 Å². The average molecular weight is 251 g/mol. The minimum absolute atomic E-state index is 0.106. The normalized spacial score (nSPS) is 12.4. The van der Waals surface area contributed by atoms with Gasteiger partial charge in [-0.2, -0.15) is 0 Å². The van der Waals surface area contributed by atoms with E-state index >= 15 is 0 Å². The van der Waals surface area contributed by atoms with E-state index < -0.39 is 23.5 Å². The third-order valence-corrected chi connectivity index (χ3v) is 2.76. The summed E-state index contributed by atoms with van der Waals surface area (Å²) in [6.07, 6.45) is 0. The molecule has 1 atom stereocenters. The van der Waals surface area contributed by atoms with Crippen LogP contribution in [0.25, 0.3) is 0 Å². The lowest BCUT2D eigenvalue weighted by atomic mass is 9.98. The van der Waals surface area contributed by atoms with E-state index in [0.717, 1.165) is 0 Å². The van der Waals surface area contributed by atoms with Crippen molar-refractivity contribution in [2.45, 2.75) is 6.04 Å². The van der Waals surface area contributed by atoms with E-state index in [0.29, 0.717) is 5.56 Å². The first kappa shape index (κ1) is 12.6. The lowest BCUT2D eigenvalue weighted by Crippen LogP contribution is -2.20. The Hall–Kier alpha value is -1.81. The van der Waals surface area contributed by atoms with E-state index in [4.69, 9.17) is 0 Å². The zero-order valence-electron chi connectivity index (χ0n) is 9.75. The summed E-state index contributed by atoms with van der Waals surface area (Å²) >= 11 is 0. The highest BCUT2D eigenvalue weighted by Crippen LogP contribution is 2.26. The molecule has 0 saturated heterocycles. The van der Waals surface area contributed by atoms with Gasteiger partial charge in [0.2, 0.25) is 0 Å². The van der Waals surface area contributed by atoms with Crippen LogP contribution in [0.3, 0.4) is 0 Å². The Bertz CT molecular complexity index is 534. The van der Waals surface area contributed by atoms with E-state index in [1.807, 2.05) is 0 Å². The van der Waals surface area contributed by atoms with Gasteiger partial charge in [-0.1, -0.05) is 18.2 Å². The minimum Gasteiger partial charge on any atom is -0.309 e. The minimum atomic E-state index is -0.720. The molecular formula is C14H12F3N. The first-order valence-corrected chi connectivity index (χ1v) is 5.50. The molecule has 2 aromatic carbocycles. The van der Waals surface area contributed by atoms with Crippen molar-refractivity contribution >= 4 is 0 Å². The molecule has 4 heteroatoms. The first-order chi connectivity index (χ1) is 8.63. The Kier molecular flexibility index (Phi) is 3.67. The summed E-state index contributed by atoms with van der Waals surface area (Å²) in [5, 5.41) is 2.80. The van der Waals surface area contributed by atoms with Gasteiger partial charge in [-0.25, -0.2) is 13.2 Å². The summed E-state index contributed by atoms with van der Waals surface area (Å²) in [5.41, 5.74) is 0.368. The molecule has 0 spiro atoms. The zero-order valence-corrected chi connectivity index (χ0v) is 9.75. The van der Waals surface area contributed by atoms with Crippen LogP contribution in [0, 0.1) is 17.5 Å². The fraction of sp³-hybridized carbons (Fsp3) is 0.143. The summed E-state index contributed by atoms with van der Waals surface area (Å²) in [5.74, 6) is -1.75. The second-order valence-electron chi connectivity index (χ2n) is 3.91. The maximum atomic E-state index is 13.7. The van der Waals surface area contributed by atoms with E-state index in [9.17, 15) is 13.2 Å². The lowest BCUT2D eigenvalue weighted by Gasteiger charge is -2.18. The summed E-state index contributed by atoms with van der Waals surface area (Å²) in [7, 11) is 1.57. The molecule has 0 aliphatic rings. The van der Waals surface area contributed by atoms with E-state index in [2.05, 4.69) is 5.32 Å². The molecule has 0 fully saturated rings. The number of rotatable bonds is 3. The zero-order chi connectivity index (χ0) is 13.1. The molecule has 0 heterocycles. The number of benzene rings is 2. The van der Waals surface area contributed by atoms with Crippen molar-refractivity contribution in [3.8, 4) is 0 Å². The largest absolute Gasteiger partial charge is 0.309 e. The molecule has 0 amide bonds. The summed E-state index contributed by atoms with van der Waals surface area (Å²) in [6.45, 7) is 0. The molecular weight excluding hydrogens is 239 g/mol. The molecule has 18 heavy (non-hydrogen) atoms. The summed E-state index contributed by atoms with van der Waals surface area (Å²) in [6, 6.07) is 8.61. The van der Waals surface area contributed by atoms with Gasteiger partial charge in [0.25, 0.3) is 0 Å². The molecule has 1 nitrogen and oxygen atoms in total. The fourth-order valence-electron chi connectivity index (χ4n) is 1.95. The predicted molar refractivity (Wildman–Crippen MR) is 63.7 cm³/mol. The van der Waals surface area contributed by atoms with Gasteiger partial charge in [0, 0.05) is 5.56 Å². The second-order valence-corrected chi connectivity index (χ2v) is 3.91. The fourth-order valence-corrected chi connectivity index (χ4v) is 1.95. The van der Waals surface area contributed by atoms with Crippen LogP contribution in [0.15, 0.2) is 42.5 Å². The molecule has 1 unspecified atom stereocenters. The van der Waals surface area contributed by atoms with Gasteiger partial charge in [0.1, 0.15) is 17.5 Å². The monoisotopic (exact) mass is 251 g/mol. The van der Waals surface area contributed by atoms with Gasteiger partial charge in [-0.3, -0.25) is 0 Å². The second kappa shape index (κ2) is 5.23. The third kappa shape index (κ3) is 2.38. The van der Waals surface area contributed by atoms with Crippen LogP contribution in [0.1, 0.15) is 17.2 Å². The molecule has 94 valence electrons. The molecule has 1 N–H and O–H groups in total. The van der Waals surface area contributed by atoms with Crippen LogP contribution in [0.5, 0.6) is 0 Å². The van der Waals surface area contributed by atoms with Crippen molar-refractivity contribution in [3.63, 3.8) is 0 Å². The number of hydrogen-bond donors (Lipinski definition) is 1. The van der Waals surface area contributed by atoms with Crippen molar-refractivity contribution in [1.29, 1.82) is 0 Å². The van der Waals surface area contributed by atoms with Crippen LogP contribution in [-0.2, 0) is 0 Å². The predicted octanol–water partition coefficient (Wildman–Crippen LogP) is 3.41. The molecule has 0 radical (unpaired) electrons. The van der Waals surface area contributed by atoms with Crippen LogP contribution in [-0.4, -0.2) is 7.05 Å². The number of nitrogens with one attached hydrogen (secondary N) is 1. The first-order valence-electron chi connectivity index (χ1n) is 5.50. The lowest BCUT2D eigenvalue weighted by molar-refractivity contribution is 0.520. The van der Waals surface area contributed by atoms with Crippen molar-refractivity contribution in [2.75, 3.05) is 7.05 Å². The van der Waals surface area contributed by atoms with Crippen molar-refractivity contribution in [2.24, 2.45) is 0 Å². The highest BCUT2D eigenvalue weighted by molar-refractivity contribution is 5.33. The van der Waals surface area contributed by atoms with Crippen LogP contribution in [0.4, 0.5) is 13.2 Å². The van der Waals surface area contributed by atoms with Gasteiger partial charge in [0.15, 0.2) is 0 Å². The Morgan fingerprint density at radius 2 is 1.56 bits per heavy atom. The summed E-state index contributed by atoms with van der Waals surface area (Å²) < 4.78 is 40.6. The van der Waals surface area contributed by atoms with Crippen LogP contribution >= 0.6 is 0 Å². The van der Waals surface area contributed by atoms with E-state index in [-0.39, 0.29) is 5.56 Å². The molecule has 0 bridgehead atoms. The molecule has 0 aliphatic heterocycles. The van der Waals surface area contributed by atoms with Gasteiger partial charge in [-0.05, 0) is 36.9 Å². The topological polar surface area (TPSA) is 12.0 Å². The summed E-state index contributed by atoms with van der Waals surface area (Å²) in [4.78, 5) is 0. The third-order valence-electron chi connectivity index (χ3n) is 2.76. The van der Waals surface area contributed by atoms with E-state index in [1.165, 1.54) is 36.4 Å². The SMILES string of the molecule is CNC(c1cccc(F)c1)c1c(F)cccc1F. The highest BCUT2D eigenvalue weighted by Gasteiger charge is 2.20. The van der Waals surface area contributed by atoms with Crippen molar-refractivity contribution in [1.82, 2.24) is 5.32 Å². The van der Waals surface area contributed by atoms with Crippen LogP contribution < -0.4 is 5.32 Å². The average Bonchev–Trinajstić information content (AvgIpc) is 2.34. The number of hydrogen-bond acceptors (Lipinski definition) is 1. The smallest absolute Gasteiger partial charge is 0.131 e. The Balaban J connectivity index is 2.52.